The molecule has 1 aliphatic carbocycles. The first kappa shape index (κ1) is 31.4. The Balaban J connectivity index is 0.000000349. The van der Waals surface area contributed by atoms with Crippen LogP contribution in [-0.2, 0) is 22.6 Å². The highest BCUT2D eigenvalue weighted by Crippen LogP contribution is 2.32. The summed E-state index contributed by atoms with van der Waals surface area (Å²) in [5.74, 6) is 0.323. The summed E-state index contributed by atoms with van der Waals surface area (Å²) in [4.78, 5) is 42.9. The van der Waals surface area contributed by atoms with Gasteiger partial charge in [0.25, 0.3) is 5.56 Å². The number of aliphatic hydroxyl groups is 1. The van der Waals surface area contributed by atoms with Gasteiger partial charge in [-0.05, 0) is 43.0 Å². The number of rotatable bonds is 10. The van der Waals surface area contributed by atoms with Crippen molar-refractivity contribution in [1.82, 2.24) is 19.4 Å². The van der Waals surface area contributed by atoms with Crippen molar-refractivity contribution in [2.75, 3.05) is 26.5 Å². The lowest BCUT2D eigenvalue weighted by molar-refractivity contribution is -0.123. The maximum Gasteiger partial charge on any atom is 0.274 e. The van der Waals surface area contributed by atoms with Crippen molar-refractivity contribution in [3.63, 3.8) is 0 Å². The monoisotopic (exact) mass is 541 g/mol. The Hall–Kier alpha value is -3.79. The Morgan fingerprint density at radius 2 is 2.08 bits per heavy atom. The number of anilines is 1. The number of amides is 2. The van der Waals surface area contributed by atoms with E-state index < -0.39 is 0 Å². The van der Waals surface area contributed by atoms with E-state index in [9.17, 15) is 18.8 Å². The second-order valence-electron chi connectivity index (χ2n) is 9.53. The predicted molar refractivity (Wildman–Crippen MR) is 152 cm³/mol. The molecule has 0 aromatic carbocycles. The summed E-state index contributed by atoms with van der Waals surface area (Å²) in [6.07, 6.45) is 14.5. The molecule has 0 unspecified atom stereocenters. The highest BCUT2D eigenvalue weighted by Gasteiger charge is 2.22. The molecule has 0 aliphatic heterocycles. The number of nitrogens with one attached hydrogen (secondary N) is 2. The summed E-state index contributed by atoms with van der Waals surface area (Å²) in [5.41, 5.74) is 2.77. The minimum Gasteiger partial charge on any atom is -0.400 e. The third kappa shape index (κ3) is 9.17. The molecule has 212 valence electrons. The molecule has 0 radical (unpaired) electrons. The van der Waals surface area contributed by atoms with Crippen LogP contribution in [0.3, 0.4) is 0 Å². The summed E-state index contributed by atoms with van der Waals surface area (Å²) in [6.45, 7) is 2.43. The van der Waals surface area contributed by atoms with E-state index in [1.165, 1.54) is 23.6 Å². The Morgan fingerprint density at radius 1 is 1.33 bits per heavy atom. The SMILES string of the molecule is CCCC/C=C/C(=O)N(C)C.CO.O=CNc1cccn(Cc2cc3ncc(F)c(CC4CCC4)c3[nH]2)c1=O. The van der Waals surface area contributed by atoms with Crippen molar-refractivity contribution in [3.8, 4) is 0 Å². The van der Waals surface area contributed by atoms with E-state index in [-0.39, 0.29) is 29.5 Å². The van der Waals surface area contributed by atoms with Crippen molar-refractivity contribution in [1.29, 1.82) is 0 Å². The standard InChI is InChI=1S/C19H19FN4O2.C9H17NO.CH4O/c20-15-9-21-17-8-13(23-18(17)14(15)7-12-3-1-4-12)10-24-6-2-5-16(19(24)26)22-11-25;1-4-5-6-7-8-9(11)10(2)3;1-2/h2,5-6,8-9,11-12,23H,1,3-4,7,10H2,(H,22,25);7-8H,4-6H2,1-3H3;2H,1H3/b;8-7+;. The van der Waals surface area contributed by atoms with Gasteiger partial charge in [0.2, 0.25) is 12.3 Å². The van der Waals surface area contributed by atoms with Gasteiger partial charge in [-0.1, -0.05) is 45.1 Å². The predicted octanol–water partition coefficient (Wildman–Crippen LogP) is 4.25. The van der Waals surface area contributed by atoms with Crippen LogP contribution in [0.25, 0.3) is 11.0 Å². The zero-order chi connectivity index (χ0) is 28.8. The maximum absolute atomic E-state index is 14.3. The van der Waals surface area contributed by atoms with E-state index in [4.69, 9.17) is 5.11 Å². The largest absolute Gasteiger partial charge is 0.400 e. The number of aromatic amines is 1. The average molecular weight is 542 g/mol. The number of pyridine rings is 2. The van der Waals surface area contributed by atoms with Gasteiger partial charge in [-0.3, -0.25) is 19.4 Å². The second-order valence-corrected chi connectivity index (χ2v) is 9.53. The van der Waals surface area contributed by atoms with Crippen molar-refractivity contribution in [2.24, 2.45) is 5.92 Å². The Labute approximate surface area is 228 Å². The van der Waals surface area contributed by atoms with Crippen LogP contribution in [-0.4, -0.2) is 58.1 Å². The van der Waals surface area contributed by atoms with Gasteiger partial charge in [0.1, 0.15) is 11.5 Å². The number of fused-ring (bicyclic) bond motifs is 1. The fourth-order valence-electron chi connectivity index (χ4n) is 4.10. The molecule has 0 saturated heterocycles. The van der Waals surface area contributed by atoms with Crippen LogP contribution in [0, 0.1) is 11.7 Å². The molecule has 3 heterocycles. The zero-order valence-corrected chi connectivity index (χ0v) is 23.2. The number of likely N-dealkylation sites (N-methyl/N-ethyl adjacent to an activating group) is 1. The first-order valence-corrected chi connectivity index (χ1v) is 13.2. The summed E-state index contributed by atoms with van der Waals surface area (Å²) < 4.78 is 15.8. The topological polar surface area (TPSA) is 120 Å². The number of hydrogen-bond acceptors (Lipinski definition) is 5. The highest BCUT2D eigenvalue weighted by molar-refractivity contribution is 5.87. The van der Waals surface area contributed by atoms with Crippen LogP contribution >= 0.6 is 0 Å². The molecule has 1 aliphatic rings. The van der Waals surface area contributed by atoms with E-state index >= 15 is 0 Å². The van der Waals surface area contributed by atoms with Gasteiger partial charge in [0.05, 0.1) is 23.8 Å². The Morgan fingerprint density at radius 3 is 2.69 bits per heavy atom. The number of nitrogens with zero attached hydrogens (tertiary/aromatic N) is 3. The molecular formula is C29H40FN5O4. The number of carbonyl (C=O) groups is 2. The summed E-state index contributed by atoms with van der Waals surface area (Å²) in [7, 11) is 4.51. The Bertz CT molecular complexity index is 1290. The third-order valence-electron chi connectivity index (χ3n) is 6.48. The van der Waals surface area contributed by atoms with Gasteiger partial charge in [-0.2, -0.15) is 0 Å². The Kier molecular flexibility index (Phi) is 13.1. The molecule has 3 aromatic heterocycles. The van der Waals surface area contributed by atoms with Crippen molar-refractivity contribution in [3.05, 3.63) is 70.2 Å². The molecule has 10 heteroatoms. The summed E-state index contributed by atoms with van der Waals surface area (Å²) >= 11 is 0. The van der Waals surface area contributed by atoms with Crippen LogP contribution in [0.15, 0.2) is 47.5 Å². The number of aliphatic hydroxyl groups excluding tert-OH is 1. The molecule has 2 amide bonds. The first-order chi connectivity index (χ1) is 18.8. The van der Waals surface area contributed by atoms with E-state index in [1.807, 2.05) is 12.1 Å². The molecule has 0 atom stereocenters. The number of allylic oxidation sites excluding steroid dienone is 1. The number of carbonyl (C=O) groups excluding carboxylic acids is 2. The van der Waals surface area contributed by atoms with Crippen molar-refractivity contribution in [2.45, 2.75) is 58.4 Å². The van der Waals surface area contributed by atoms with Gasteiger partial charge in [0, 0.05) is 38.7 Å². The fourth-order valence-corrected chi connectivity index (χ4v) is 4.10. The molecule has 4 rings (SSSR count). The van der Waals surface area contributed by atoms with Crippen LogP contribution in [0.4, 0.5) is 10.1 Å². The van der Waals surface area contributed by atoms with Crippen LogP contribution in [0.2, 0.25) is 0 Å². The maximum atomic E-state index is 14.3. The van der Waals surface area contributed by atoms with E-state index in [1.54, 1.807) is 43.4 Å². The molecule has 9 nitrogen and oxygen atoms in total. The lowest BCUT2D eigenvalue weighted by Gasteiger charge is -2.25. The van der Waals surface area contributed by atoms with Crippen molar-refractivity contribution >= 4 is 29.0 Å². The molecular weight excluding hydrogens is 501 g/mol. The number of H-pyrrole nitrogens is 1. The second kappa shape index (κ2) is 16.2. The molecule has 3 N–H and O–H groups in total. The number of unbranched alkanes of at least 4 members (excludes halogenated alkanes) is 2. The lowest BCUT2D eigenvalue weighted by Crippen LogP contribution is -2.23. The number of halogens is 1. The van der Waals surface area contributed by atoms with Crippen LogP contribution in [0.5, 0.6) is 0 Å². The fraction of sp³-hybridized carbons (Fsp3) is 0.448. The molecule has 1 saturated carbocycles. The van der Waals surface area contributed by atoms with Crippen LogP contribution in [0.1, 0.15) is 56.7 Å². The number of hydrogen-bond donors (Lipinski definition) is 3. The first-order valence-electron chi connectivity index (χ1n) is 13.2. The van der Waals surface area contributed by atoms with E-state index in [0.29, 0.717) is 35.3 Å². The van der Waals surface area contributed by atoms with E-state index in [0.717, 1.165) is 38.5 Å². The summed E-state index contributed by atoms with van der Waals surface area (Å²) in [5, 5.41) is 9.39. The smallest absolute Gasteiger partial charge is 0.274 e. The summed E-state index contributed by atoms with van der Waals surface area (Å²) in [6, 6.07) is 5.08. The van der Waals surface area contributed by atoms with Crippen LogP contribution < -0.4 is 10.9 Å². The molecule has 0 spiro atoms. The molecule has 0 bridgehead atoms. The minimum atomic E-state index is -0.299. The zero-order valence-electron chi connectivity index (χ0n) is 23.2. The van der Waals surface area contributed by atoms with Gasteiger partial charge in [-0.15, -0.1) is 0 Å². The average Bonchev–Trinajstić information content (AvgIpc) is 3.31. The van der Waals surface area contributed by atoms with Crippen molar-refractivity contribution < 1.29 is 19.1 Å². The molecule has 39 heavy (non-hydrogen) atoms. The lowest BCUT2D eigenvalue weighted by atomic mass is 9.81. The van der Waals surface area contributed by atoms with Gasteiger partial charge in [-0.25, -0.2) is 4.39 Å². The minimum absolute atomic E-state index is 0.0705. The van der Waals surface area contributed by atoms with Gasteiger partial charge < -0.3 is 24.9 Å². The molecule has 3 aromatic rings. The normalized spacial score (nSPS) is 12.7. The van der Waals surface area contributed by atoms with E-state index in [2.05, 4.69) is 22.2 Å². The third-order valence-corrected chi connectivity index (χ3v) is 6.48. The highest BCUT2D eigenvalue weighted by atomic mass is 19.1. The number of aromatic nitrogens is 3. The molecule has 1 fully saturated rings. The van der Waals surface area contributed by atoms with Gasteiger partial charge >= 0.3 is 0 Å². The van der Waals surface area contributed by atoms with Gasteiger partial charge in [0.15, 0.2) is 0 Å². The quantitative estimate of drug-likeness (QED) is 0.201.